The smallest absolute Gasteiger partial charge is 0.292 e. The summed E-state index contributed by atoms with van der Waals surface area (Å²) in [6.45, 7) is 0. The first-order valence-electron chi connectivity index (χ1n) is 7.05. The lowest BCUT2D eigenvalue weighted by Crippen LogP contribution is -2.40. The summed E-state index contributed by atoms with van der Waals surface area (Å²) >= 11 is 13.9. The van der Waals surface area contributed by atoms with E-state index in [1.165, 1.54) is 23.5 Å². The SMILES string of the molecule is Cn1c(C(F)(F)F)cc(=O)n(-c2cc(Cl)c(-c3cccs3)c(Cl)c2)c1=O. The van der Waals surface area contributed by atoms with Gasteiger partial charge in [0.1, 0.15) is 5.69 Å². The Kier molecular flexibility index (Phi) is 4.76. The average Bonchev–Trinajstić information content (AvgIpc) is 3.03. The molecule has 136 valence electrons. The highest BCUT2D eigenvalue weighted by molar-refractivity contribution is 7.13. The molecule has 0 radical (unpaired) electrons. The second-order valence-corrected chi connectivity index (χ2v) is 7.07. The molecule has 3 rings (SSSR count). The lowest BCUT2D eigenvalue weighted by Gasteiger charge is -2.15. The predicted octanol–water partition coefficient (Wildman–Crippen LogP) is 4.59. The fourth-order valence-electron chi connectivity index (χ4n) is 2.48. The number of benzene rings is 1. The molecule has 0 N–H and O–H groups in total. The molecule has 0 bridgehead atoms. The van der Waals surface area contributed by atoms with Gasteiger partial charge in [0.25, 0.3) is 5.56 Å². The van der Waals surface area contributed by atoms with Crippen LogP contribution in [0.2, 0.25) is 10.0 Å². The van der Waals surface area contributed by atoms with Crippen LogP contribution in [-0.4, -0.2) is 9.13 Å². The molecular formula is C16H9Cl2F3N2O2S. The molecule has 0 spiro atoms. The van der Waals surface area contributed by atoms with Crippen molar-refractivity contribution in [2.45, 2.75) is 6.18 Å². The Bertz CT molecular complexity index is 1080. The monoisotopic (exact) mass is 420 g/mol. The van der Waals surface area contributed by atoms with Gasteiger partial charge in [-0.2, -0.15) is 13.2 Å². The molecule has 0 saturated heterocycles. The molecule has 0 atom stereocenters. The third-order valence-corrected chi connectivity index (χ3v) is 5.15. The van der Waals surface area contributed by atoms with Gasteiger partial charge in [-0.25, -0.2) is 9.36 Å². The highest BCUT2D eigenvalue weighted by Gasteiger charge is 2.35. The minimum Gasteiger partial charge on any atom is -0.292 e. The molecule has 0 unspecified atom stereocenters. The van der Waals surface area contributed by atoms with Crippen LogP contribution in [0.25, 0.3) is 16.1 Å². The number of thiophene rings is 1. The van der Waals surface area contributed by atoms with Crippen molar-refractivity contribution in [1.29, 1.82) is 0 Å². The Hall–Kier alpha value is -2.03. The number of nitrogens with zero attached hydrogens (tertiary/aromatic N) is 2. The number of hydrogen-bond acceptors (Lipinski definition) is 3. The topological polar surface area (TPSA) is 44.0 Å². The lowest BCUT2D eigenvalue weighted by atomic mass is 10.1. The summed E-state index contributed by atoms with van der Waals surface area (Å²) in [7, 11) is 0.935. The van der Waals surface area contributed by atoms with Gasteiger partial charge in [-0.1, -0.05) is 29.3 Å². The first-order valence-corrected chi connectivity index (χ1v) is 8.68. The predicted molar refractivity (Wildman–Crippen MR) is 95.6 cm³/mol. The first kappa shape index (κ1) is 18.8. The van der Waals surface area contributed by atoms with Crippen molar-refractivity contribution in [3.63, 3.8) is 0 Å². The highest BCUT2D eigenvalue weighted by atomic mass is 35.5. The van der Waals surface area contributed by atoms with Gasteiger partial charge in [-0.3, -0.25) is 9.36 Å². The van der Waals surface area contributed by atoms with E-state index >= 15 is 0 Å². The van der Waals surface area contributed by atoms with Crippen LogP contribution in [0.1, 0.15) is 5.69 Å². The van der Waals surface area contributed by atoms with E-state index in [-0.39, 0.29) is 15.7 Å². The molecule has 0 fully saturated rings. The summed E-state index contributed by atoms with van der Waals surface area (Å²) in [5.41, 5.74) is -3.11. The standard InChI is InChI=1S/C16H9Cl2F3N2O2S/c1-22-12(16(19,20)21)7-13(24)23(15(22)25)8-5-9(17)14(10(18)6-8)11-3-2-4-26-11/h2-7H,1H3. The quantitative estimate of drug-likeness (QED) is 0.608. The van der Waals surface area contributed by atoms with Crippen molar-refractivity contribution in [3.8, 4) is 16.1 Å². The average molecular weight is 421 g/mol. The van der Waals surface area contributed by atoms with Gasteiger partial charge in [-0.15, -0.1) is 11.3 Å². The van der Waals surface area contributed by atoms with Gasteiger partial charge in [0.15, 0.2) is 0 Å². The maximum absolute atomic E-state index is 12.9. The van der Waals surface area contributed by atoms with E-state index in [0.717, 1.165) is 11.9 Å². The van der Waals surface area contributed by atoms with E-state index in [0.29, 0.717) is 20.8 Å². The summed E-state index contributed by atoms with van der Waals surface area (Å²) in [5.74, 6) is 0. The zero-order valence-electron chi connectivity index (χ0n) is 13.0. The minimum absolute atomic E-state index is 0.0142. The van der Waals surface area contributed by atoms with E-state index in [1.807, 2.05) is 5.38 Å². The van der Waals surface area contributed by atoms with E-state index in [2.05, 4.69) is 0 Å². The third kappa shape index (κ3) is 3.20. The first-order chi connectivity index (χ1) is 12.1. The molecule has 2 heterocycles. The zero-order chi connectivity index (χ0) is 19.2. The Morgan fingerprint density at radius 3 is 2.19 bits per heavy atom. The van der Waals surface area contributed by atoms with Crippen molar-refractivity contribution in [2.24, 2.45) is 7.05 Å². The fraction of sp³-hybridized carbons (Fsp3) is 0.125. The van der Waals surface area contributed by atoms with Crippen molar-refractivity contribution in [1.82, 2.24) is 9.13 Å². The van der Waals surface area contributed by atoms with E-state index in [1.54, 1.807) is 12.1 Å². The van der Waals surface area contributed by atoms with Gasteiger partial charge >= 0.3 is 11.9 Å². The Labute approximate surface area is 158 Å². The summed E-state index contributed by atoms with van der Waals surface area (Å²) < 4.78 is 39.7. The van der Waals surface area contributed by atoms with Crippen LogP contribution >= 0.6 is 34.5 Å². The fourth-order valence-corrected chi connectivity index (χ4v) is 4.07. The highest BCUT2D eigenvalue weighted by Crippen LogP contribution is 2.38. The summed E-state index contributed by atoms with van der Waals surface area (Å²) in [5, 5.41) is 2.17. The maximum atomic E-state index is 12.9. The Morgan fingerprint density at radius 1 is 1.08 bits per heavy atom. The van der Waals surface area contributed by atoms with Crippen molar-refractivity contribution >= 4 is 34.5 Å². The molecule has 0 amide bonds. The molecule has 0 saturated carbocycles. The zero-order valence-corrected chi connectivity index (χ0v) is 15.3. The van der Waals surface area contributed by atoms with Crippen molar-refractivity contribution < 1.29 is 13.2 Å². The molecule has 10 heteroatoms. The molecule has 0 aliphatic rings. The van der Waals surface area contributed by atoms with Gasteiger partial charge in [0.2, 0.25) is 0 Å². The van der Waals surface area contributed by atoms with Crippen molar-refractivity contribution in [2.75, 3.05) is 0 Å². The number of rotatable bonds is 2. The second kappa shape index (κ2) is 6.61. The lowest BCUT2D eigenvalue weighted by molar-refractivity contribution is -0.144. The van der Waals surface area contributed by atoms with E-state index in [9.17, 15) is 22.8 Å². The van der Waals surface area contributed by atoms with E-state index in [4.69, 9.17) is 23.2 Å². The normalized spacial score (nSPS) is 11.8. The molecule has 4 nitrogen and oxygen atoms in total. The Balaban J connectivity index is 2.25. The summed E-state index contributed by atoms with van der Waals surface area (Å²) in [6.07, 6.45) is -4.83. The number of hydrogen-bond donors (Lipinski definition) is 0. The van der Waals surface area contributed by atoms with Gasteiger partial charge in [-0.05, 0) is 23.6 Å². The molecule has 26 heavy (non-hydrogen) atoms. The van der Waals surface area contributed by atoms with Crippen LogP contribution in [0.3, 0.4) is 0 Å². The maximum Gasteiger partial charge on any atom is 0.431 e. The number of alkyl halides is 3. The van der Waals surface area contributed by atoms with Gasteiger partial charge < -0.3 is 0 Å². The molecule has 1 aromatic carbocycles. The van der Waals surface area contributed by atoms with Crippen LogP contribution in [0.5, 0.6) is 0 Å². The molecule has 2 aromatic heterocycles. The van der Waals surface area contributed by atoms with Crippen LogP contribution in [0, 0.1) is 0 Å². The van der Waals surface area contributed by atoms with Crippen LogP contribution in [-0.2, 0) is 13.2 Å². The van der Waals surface area contributed by atoms with Crippen LogP contribution in [0.15, 0.2) is 45.3 Å². The molecular weight excluding hydrogens is 412 g/mol. The summed E-state index contributed by atoms with van der Waals surface area (Å²) in [4.78, 5) is 25.3. The third-order valence-electron chi connectivity index (χ3n) is 3.66. The second-order valence-electron chi connectivity index (χ2n) is 5.30. The van der Waals surface area contributed by atoms with Crippen LogP contribution in [0.4, 0.5) is 13.2 Å². The molecule has 0 aliphatic heterocycles. The largest absolute Gasteiger partial charge is 0.431 e. The molecule has 0 aliphatic carbocycles. The van der Waals surface area contributed by atoms with Gasteiger partial charge in [0.05, 0.1) is 15.7 Å². The van der Waals surface area contributed by atoms with Crippen molar-refractivity contribution in [3.05, 3.63) is 72.3 Å². The number of halogens is 5. The number of aromatic nitrogens is 2. The minimum atomic E-state index is -4.83. The summed E-state index contributed by atoms with van der Waals surface area (Å²) in [6, 6.07) is 6.59. The van der Waals surface area contributed by atoms with E-state index < -0.39 is 23.1 Å². The van der Waals surface area contributed by atoms with Crippen LogP contribution < -0.4 is 11.2 Å². The van der Waals surface area contributed by atoms with Gasteiger partial charge in [0, 0.05) is 23.6 Å². The Morgan fingerprint density at radius 2 is 1.69 bits per heavy atom. The molecule has 3 aromatic rings.